The van der Waals surface area contributed by atoms with Crippen LogP contribution in [0.1, 0.15) is 25.8 Å². The fourth-order valence-electron chi connectivity index (χ4n) is 1.79. The van der Waals surface area contributed by atoms with Gasteiger partial charge in [0, 0.05) is 18.8 Å². The third-order valence-electron chi connectivity index (χ3n) is 2.89. The van der Waals surface area contributed by atoms with E-state index in [0.29, 0.717) is 12.5 Å². The van der Waals surface area contributed by atoms with Crippen molar-refractivity contribution in [3.05, 3.63) is 29.8 Å². The summed E-state index contributed by atoms with van der Waals surface area (Å²) in [6.45, 7) is 6.23. The lowest BCUT2D eigenvalue weighted by Gasteiger charge is -2.16. The van der Waals surface area contributed by atoms with E-state index in [0.717, 1.165) is 30.8 Å². The van der Waals surface area contributed by atoms with Crippen molar-refractivity contribution in [2.24, 2.45) is 5.92 Å². The summed E-state index contributed by atoms with van der Waals surface area (Å²) in [4.78, 5) is 13.7. The molecular weight excluding hydrogens is 238 g/mol. The average Bonchev–Trinajstić information content (AvgIpc) is 2.31. The van der Waals surface area contributed by atoms with Crippen molar-refractivity contribution in [1.82, 2.24) is 10.2 Å². The molecule has 1 aromatic carbocycles. The second kappa shape index (κ2) is 7.79. The van der Waals surface area contributed by atoms with Crippen LogP contribution in [0.4, 0.5) is 5.69 Å². The van der Waals surface area contributed by atoms with E-state index in [-0.39, 0.29) is 5.91 Å². The maximum atomic E-state index is 11.7. The molecule has 0 aliphatic heterocycles. The summed E-state index contributed by atoms with van der Waals surface area (Å²) in [5, 5.41) is 2.94. The van der Waals surface area contributed by atoms with Crippen LogP contribution in [0, 0.1) is 5.92 Å². The normalized spacial score (nSPS) is 11.0. The Morgan fingerprint density at radius 2 is 1.95 bits per heavy atom. The van der Waals surface area contributed by atoms with E-state index < -0.39 is 0 Å². The minimum Gasteiger partial charge on any atom is -0.399 e. The lowest BCUT2D eigenvalue weighted by atomic mass is 10.1. The maximum Gasteiger partial charge on any atom is 0.234 e. The first-order valence-corrected chi connectivity index (χ1v) is 6.77. The highest BCUT2D eigenvalue weighted by Crippen LogP contribution is 2.07. The van der Waals surface area contributed by atoms with E-state index in [1.54, 1.807) is 0 Å². The summed E-state index contributed by atoms with van der Waals surface area (Å²) in [7, 11) is 1.94. The molecule has 106 valence electrons. The third kappa shape index (κ3) is 6.82. The van der Waals surface area contributed by atoms with Crippen LogP contribution in [0.25, 0.3) is 0 Å². The van der Waals surface area contributed by atoms with Crippen LogP contribution in [-0.4, -0.2) is 30.9 Å². The molecule has 0 aliphatic rings. The molecule has 0 bridgehead atoms. The van der Waals surface area contributed by atoms with Gasteiger partial charge in [-0.2, -0.15) is 0 Å². The first kappa shape index (κ1) is 15.5. The first-order chi connectivity index (χ1) is 8.97. The summed E-state index contributed by atoms with van der Waals surface area (Å²) in [5.74, 6) is 0.700. The minimum atomic E-state index is 0.0820. The maximum absolute atomic E-state index is 11.7. The van der Waals surface area contributed by atoms with E-state index in [2.05, 4.69) is 19.2 Å². The third-order valence-corrected chi connectivity index (χ3v) is 2.89. The number of carbonyl (C=O) groups excluding carboxylic acids is 1. The average molecular weight is 263 g/mol. The largest absolute Gasteiger partial charge is 0.399 e. The summed E-state index contributed by atoms with van der Waals surface area (Å²) >= 11 is 0. The van der Waals surface area contributed by atoms with E-state index in [1.807, 2.05) is 36.2 Å². The molecular formula is C15H25N3O. The van der Waals surface area contributed by atoms with Crippen molar-refractivity contribution in [2.45, 2.75) is 26.8 Å². The van der Waals surface area contributed by atoms with Crippen LogP contribution in [0.2, 0.25) is 0 Å². The van der Waals surface area contributed by atoms with E-state index in [9.17, 15) is 4.79 Å². The molecule has 0 atom stereocenters. The van der Waals surface area contributed by atoms with Gasteiger partial charge in [0.05, 0.1) is 6.54 Å². The van der Waals surface area contributed by atoms with Crippen molar-refractivity contribution >= 4 is 11.6 Å². The molecule has 3 N–H and O–H groups in total. The molecule has 1 amide bonds. The molecule has 0 heterocycles. The number of nitrogens with one attached hydrogen (secondary N) is 1. The Kier molecular flexibility index (Phi) is 6.36. The van der Waals surface area contributed by atoms with Crippen LogP contribution in [0.5, 0.6) is 0 Å². The van der Waals surface area contributed by atoms with Gasteiger partial charge in [0.25, 0.3) is 0 Å². The number of rotatable bonds is 7. The number of hydrogen-bond donors (Lipinski definition) is 2. The number of likely N-dealkylation sites (N-methyl/N-ethyl adjacent to an activating group) is 1. The minimum absolute atomic E-state index is 0.0820. The van der Waals surface area contributed by atoms with Gasteiger partial charge in [-0.05, 0) is 37.1 Å². The van der Waals surface area contributed by atoms with Crippen molar-refractivity contribution in [1.29, 1.82) is 0 Å². The predicted molar refractivity (Wildman–Crippen MR) is 79.7 cm³/mol. The van der Waals surface area contributed by atoms with Gasteiger partial charge in [-0.25, -0.2) is 0 Å². The number of nitrogen functional groups attached to an aromatic ring is 1. The molecule has 0 fully saturated rings. The Labute approximate surface area is 116 Å². The molecule has 1 aromatic rings. The highest BCUT2D eigenvalue weighted by atomic mass is 16.2. The second-order valence-electron chi connectivity index (χ2n) is 5.45. The second-order valence-corrected chi connectivity index (χ2v) is 5.45. The zero-order chi connectivity index (χ0) is 14.3. The first-order valence-electron chi connectivity index (χ1n) is 6.77. The standard InChI is InChI=1S/C15H25N3O/c1-12(2)8-9-17-15(19)11-18(3)10-13-4-6-14(16)7-5-13/h4-7,12H,8-11,16H2,1-3H3,(H,17,19). The van der Waals surface area contributed by atoms with Crippen molar-refractivity contribution in [2.75, 3.05) is 25.9 Å². The number of nitrogens with two attached hydrogens (primary N) is 1. The van der Waals surface area contributed by atoms with Gasteiger partial charge >= 0.3 is 0 Å². The summed E-state index contributed by atoms with van der Waals surface area (Å²) < 4.78 is 0. The molecule has 4 heteroatoms. The molecule has 4 nitrogen and oxygen atoms in total. The molecule has 0 radical (unpaired) electrons. The van der Waals surface area contributed by atoms with Gasteiger partial charge in [0.1, 0.15) is 0 Å². The smallest absolute Gasteiger partial charge is 0.234 e. The van der Waals surface area contributed by atoms with Crippen molar-refractivity contribution in [3.63, 3.8) is 0 Å². The SMILES string of the molecule is CC(C)CCNC(=O)CN(C)Cc1ccc(N)cc1. The topological polar surface area (TPSA) is 58.4 Å². The lowest BCUT2D eigenvalue weighted by Crippen LogP contribution is -2.35. The predicted octanol–water partition coefficient (Wildman–Crippen LogP) is 1.86. The number of anilines is 1. The molecule has 1 rings (SSSR count). The number of nitrogens with zero attached hydrogens (tertiary/aromatic N) is 1. The highest BCUT2D eigenvalue weighted by Gasteiger charge is 2.07. The van der Waals surface area contributed by atoms with Gasteiger partial charge in [-0.1, -0.05) is 26.0 Å². The van der Waals surface area contributed by atoms with Crippen molar-refractivity contribution < 1.29 is 4.79 Å². The van der Waals surface area contributed by atoms with Gasteiger partial charge in [0.2, 0.25) is 5.91 Å². The Balaban J connectivity index is 2.28. The molecule has 0 aromatic heterocycles. The van der Waals surface area contributed by atoms with E-state index >= 15 is 0 Å². The Bertz CT molecular complexity index is 387. The van der Waals surface area contributed by atoms with Gasteiger partial charge in [-0.15, -0.1) is 0 Å². The molecule has 0 saturated carbocycles. The van der Waals surface area contributed by atoms with Crippen LogP contribution >= 0.6 is 0 Å². The van der Waals surface area contributed by atoms with E-state index in [1.165, 1.54) is 0 Å². The molecule has 19 heavy (non-hydrogen) atoms. The van der Waals surface area contributed by atoms with Crippen LogP contribution in [0.15, 0.2) is 24.3 Å². The van der Waals surface area contributed by atoms with Crippen molar-refractivity contribution in [3.8, 4) is 0 Å². The van der Waals surface area contributed by atoms with Crippen LogP contribution < -0.4 is 11.1 Å². The lowest BCUT2D eigenvalue weighted by molar-refractivity contribution is -0.122. The fraction of sp³-hybridized carbons (Fsp3) is 0.533. The number of amides is 1. The number of carbonyl (C=O) groups is 1. The summed E-state index contributed by atoms with van der Waals surface area (Å²) in [6, 6.07) is 7.74. The number of hydrogen-bond acceptors (Lipinski definition) is 3. The molecule has 0 saturated heterocycles. The monoisotopic (exact) mass is 263 g/mol. The highest BCUT2D eigenvalue weighted by molar-refractivity contribution is 5.77. The van der Waals surface area contributed by atoms with Crippen LogP contribution in [-0.2, 0) is 11.3 Å². The molecule has 0 unspecified atom stereocenters. The molecule has 0 aliphatic carbocycles. The van der Waals surface area contributed by atoms with E-state index in [4.69, 9.17) is 5.73 Å². The van der Waals surface area contributed by atoms with Gasteiger partial charge in [-0.3, -0.25) is 9.69 Å². The Morgan fingerprint density at radius 3 is 2.53 bits per heavy atom. The Hall–Kier alpha value is -1.55. The zero-order valence-corrected chi connectivity index (χ0v) is 12.1. The zero-order valence-electron chi connectivity index (χ0n) is 12.1. The van der Waals surface area contributed by atoms with Crippen LogP contribution in [0.3, 0.4) is 0 Å². The summed E-state index contributed by atoms with van der Waals surface area (Å²) in [6.07, 6.45) is 1.02. The quantitative estimate of drug-likeness (QED) is 0.738. The van der Waals surface area contributed by atoms with Gasteiger partial charge in [0.15, 0.2) is 0 Å². The summed E-state index contributed by atoms with van der Waals surface area (Å²) in [5.41, 5.74) is 7.56. The molecule has 0 spiro atoms. The van der Waals surface area contributed by atoms with Gasteiger partial charge < -0.3 is 11.1 Å². The fourth-order valence-corrected chi connectivity index (χ4v) is 1.79. The Morgan fingerprint density at radius 1 is 1.32 bits per heavy atom. The number of benzene rings is 1.